The summed E-state index contributed by atoms with van der Waals surface area (Å²) in [4.78, 5) is 11.3. The maximum atomic E-state index is 5.89. The van der Waals surface area contributed by atoms with Gasteiger partial charge in [-0.25, -0.2) is 4.98 Å². The Hall–Kier alpha value is -2.76. The lowest BCUT2D eigenvalue weighted by atomic mass is 10.0. The highest BCUT2D eigenvalue weighted by atomic mass is 16.5. The van der Waals surface area contributed by atoms with Crippen LogP contribution in [0, 0.1) is 0 Å². The molecule has 3 rings (SSSR count). The van der Waals surface area contributed by atoms with Crippen molar-refractivity contribution in [3.63, 3.8) is 0 Å². The zero-order valence-electron chi connectivity index (χ0n) is 13.2. The number of hydrogen-bond acceptors (Lipinski definition) is 5. The fourth-order valence-corrected chi connectivity index (χ4v) is 2.57. The Bertz CT molecular complexity index is 812. The van der Waals surface area contributed by atoms with Crippen molar-refractivity contribution in [1.82, 2.24) is 15.0 Å². The van der Waals surface area contributed by atoms with Gasteiger partial charge >= 0.3 is 0 Å². The van der Waals surface area contributed by atoms with Gasteiger partial charge < -0.3 is 21.2 Å². The minimum Gasteiger partial charge on any atom is -0.494 e. The highest BCUT2D eigenvalue weighted by molar-refractivity contribution is 5.84. The summed E-state index contributed by atoms with van der Waals surface area (Å²) in [5.74, 6) is 1.55. The molecule has 0 atom stereocenters. The molecule has 0 spiro atoms. The van der Waals surface area contributed by atoms with Crippen LogP contribution in [-0.2, 0) is 12.8 Å². The van der Waals surface area contributed by atoms with Gasteiger partial charge in [-0.2, -0.15) is 4.98 Å². The van der Waals surface area contributed by atoms with Gasteiger partial charge in [-0.15, -0.1) is 0 Å². The number of ether oxygens (including phenoxy) is 1. The smallest absolute Gasteiger partial charge is 0.221 e. The van der Waals surface area contributed by atoms with E-state index in [0.29, 0.717) is 5.82 Å². The highest BCUT2D eigenvalue weighted by Crippen LogP contribution is 2.25. The monoisotopic (exact) mass is 311 g/mol. The lowest BCUT2D eigenvalue weighted by Crippen LogP contribution is -2.04. The first-order chi connectivity index (χ1) is 11.2. The van der Waals surface area contributed by atoms with E-state index in [1.54, 1.807) is 6.20 Å². The van der Waals surface area contributed by atoms with E-state index in [0.717, 1.165) is 42.7 Å². The summed E-state index contributed by atoms with van der Waals surface area (Å²) in [5, 5.41) is 1.17. The van der Waals surface area contributed by atoms with Crippen LogP contribution in [-0.4, -0.2) is 21.6 Å². The predicted octanol–water partition coefficient (Wildman–Crippen LogP) is 2.70. The molecule has 0 saturated carbocycles. The number of rotatable bonds is 6. The number of aromatic nitrogens is 3. The number of aryl methyl sites for hydroxylation is 2. The summed E-state index contributed by atoms with van der Waals surface area (Å²) in [7, 11) is 0. The summed E-state index contributed by atoms with van der Waals surface area (Å²) in [6, 6.07) is 6.12. The Labute approximate surface area is 134 Å². The number of fused-ring (bicyclic) bond motifs is 1. The van der Waals surface area contributed by atoms with E-state index in [1.807, 2.05) is 18.3 Å². The van der Waals surface area contributed by atoms with Crippen LogP contribution < -0.4 is 16.2 Å². The third-order valence-corrected chi connectivity index (χ3v) is 3.79. The van der Waals surface area contributed by atoms with Gasteiger partial charge in [0.15, 0.2) is 0 Å². The van der Waals surface area contributed by atoms with E-state index in [1.165, 1.54) is 10.9 Å². The van der Waals surface area contributed by atoms with Crippen LogP contribution in [0.2, 0.25) is 0 Å². The van der Waals surface area contributed by atoms with E-state index in [9.17, 15) is 0 Å². The summed E-state index contributed by atoms with van der Waals surface area (Å²) >= 11 is 0. The molecule has 2 aromatic heterocycles. The molecule has 3 aromatic rings. The van der Waals surface area contributed by atoms with Crippen LogP contribution in [0.5, 0.6) is 5.75 Å². The molecule has 0 saturated heterocycles. The Morgan fingerprint density at radius 2 is 2.00 bits per heavy atom. The van der Waals surface area contributed by atoms with Gasteiger partial charge in [0.05, 0.1) is 6.61 Å². The van der Waals surface area contributed by atoms with Gasteiger partial charge in [-0.05, 0) is 43.0 Å². The van der Waals surface area contributed by atoms with Crippen molar-refractivity contribution < 1.29 is 4.74 Å². The van der Waals surface area contributed by atoms with Gasteiger partial charge in [0.2, 0.25) is 5.95 Å². The Morgan fingerprint density at radius 3 is 2.78 bits per heavy atom. The molecular weight excluding hydrogens is 290 g/mol. The predicted molar refractivity (Wildman–Crippen MR) is 92.3 cm³/mol. The number of aromatic amines is 1. The van der Waals surface area contributed by atoms with Crippen LogP contribution in [0.15, 0.2) is 30.6 Å². The first-order valence-corrected chi connectivity index (χ1v) is 7.77. The Kier molecular flexibility index (Phi) is 4.32. The number of nitrogens with one attached hydrogen (secondary N) is 1. The average Bonchev–Trinajstić information content (AvgIpc) is 2.94. The van der Waals surface area contributed by atoms with Crippen LogP contribution in [0.1, 0.15) is 24.5 Å². The molecule has 6 heteroatoms. The van der Waals surface area contributed by atoms with E-state index in [2.05, 4.69) is 27.9 Å². The van der Waals surface area contributed by atoms with Crippen LogP contribution >= 0.6 is 0 Å². The number of benzene rings is 1. The quantitative estimate of drug-likeness (QED) is 0.649. The standard InChI is InChI=1S/C17H21N5O/c1-2-7-23-13-5-6-15-14(8-13)11(9-20-15)3-4-12-10-21-17(19)22-16(12)18/h5-6,8-10,20H,2-4,7H2,1H3,(H4,18,19,21,22). The summed E-state index contributed by atoms with van der Waals surface area (Å²) in [5.41, 5.74) is 14.7. The lowest BCUT2D eigenvalue weighted by molar-refractivity contribution is 0.318. The largest absolute Gasteiger partial charge is 0.494 e. The third-order valence-electron chi connectivity index (χ3n) is 3.79. The maximum absolute atomic E-state index is 5.89. The van der Waals surface area contributed by atoms with Gasteiger partial charge in [-0.1, -0.05) is 6.92 Å². The molecule has 2 heterocycles. The van der Waals surface area contributed by atoms with Crippen molar-refractivity contribution >= 4 is 22.7 Å². The van der Waals surface area contributed by atoms with Crippen molar-refractivity contribution in [2.45, 2.75) is 26.2 Å². The van der Waals surface area contributed by atoms with Crippen LogP contribution in [0.4, 0.5) is 11.8 Å². The van der Waals surface area contributed by atoms with E-state index >= 15 is 0 Å². The molecule has 6 nitrogen and oxygen atoms in total. The summed E-state index contributed by atoms with van der Waals surface area (Å²) in [6.07, 6.45) is 6.33. The second-order valence-electron chi connectivity index (χ2n) is 5.51. The SMILES string of the molecule is CCCOc1ccc2[nH]cc(CCc3cnc(N)nc3N)c2c1. The second kappa shape index (κ2) is 6.56. The topological polar surface area (TPSA) is 103 Å². The molecule has 5 N–H and O–H groups in total. The third kappa shape index (κ3) is 3.36. The molecule has 0 bridgehead atoms. The molecule has 23 heavy (non-hydrogen) atoms. The zero-order valence-corrected chi connectivity index (χ0v) is 13.2. The number of nitrogen functional groups attached to an aromatic ring is 2. The van der Waals surface area contributed by atoms with Gasteiger partial charge in [0.25, 0.3) is 0 Å². The summed E-state index contributed by atoms with van der Waals surface area (Å²) in [6.45, 7) is 2.82. The number of anilines is 2. The first-order valence-electron chi connectivity index (χ1n) is 7.77. The van der Waals surface area contributed by atoms with Crippen LogP contribution in [0.25, 0.3) is 10.9 Å². The minimum atomic E-state index is 0.205. The van der Waals surface area contributed by atoms with Gasteiger partial charge in [0.1, 0.15) is 11.6 Å². The molecule has 0 aliphatic rings. The maximum Gasteiger partial charge on any atom is 0.221 e. The molecular formula is C17H21N5O. The molecule has 120 valence electrons. The Morgan fingerprint density at radius 1 is 1.17 bits per heavy atom. The van der Waals surface area contributed by atoms with Crippen LogP contribution in [0.3, 0.4) is 0 Å². The molecule has 0 unspecified atom stereocenters. The van der Waals surface area contributed by atoms with E-state index in [-0.39, 0.29) is 5.95 Å². The fraction of sp³-hybridized carbons (Fsp3) is 0.294. The highest BCUT2D eigenvalue weighted by Gasteiger charge is 2.08. The van der Waals surface area contributed by atoms with Crippen molar-refractivity contribution in [3.05, 3.63) is 41.7 Å². The van der Waals surface area contributed by atoms with Crippen molar-refractivity contribution in [1.29, 1.82) is 0 Å². The van der Waals surface area contributed by atoms with E-state index in [4.69, 9.17) is 16.2 Å². The molecule has 0 fully saturated rings. The number of H-pyrrole nitrogens is 1. The molecule has 0 aliphatic carbocycles. The summed E-state index contributed by atoms with van der Waals surface area (Å²) < 4.78 is 5.71. The van der Waals surface area contributed by atoms with Crippen molar-refractivity contribution in [2.75, 3.05) is 18.1 Å². The lowest BCUT2D eigenvalue weighted by Gasteiger charge is -2.06. The Balaban J connectivity index is 1.79. The average molecular weight is 311 g/mol. The van der Waals surface area contributed by atoms with Crippen molar-refractivity contribution in [3.8, 4) is 5.75 Å². The van der Waals surface area contributed by atoms with Crippen molar-refractivity contribution in [2.24, 2.45) is 0 Å². The molecule has 0 amide bonds. The fourth-order valence-electron chi connectivity index (χ4n) is 2.57. The molecule has 0 radical (unpaired) electrons. The second-order valence-corrected chi connectivity index (χ2v) is 5.51. The molecule has 1 aromatic carbocycles. The van der Waals surface area contributed by atoms with E-state index < -0.39 is 0 Å². The molecule has 0 aliphatic heterocycles. The number of nitrogens with zero attached hydrogens (tertiary/aromatic N) is 2. The normalized spacial score (nSPS) is 11.0. The number of nitrogens with two attached hydrogens (primary N) is 2. The van der Waals surface area contributed by atoms with Gasteiger partial charge in [-0.3, -0.25) is 0 Å². The van der Waals surface area contributed by atoms with Gasteiger partial charge in [0, 0.05) is 28.9 Å². The zero-order chi connectivity index (χ0) is 16.2. The minimum absolute atomic E-state index is 0.205. The first kappa shape index (κ1) is 15.1. The number of hydrogen-bond donors (Lipinski definition) is 3.